The second-order valence-corrected chi connectivity index (χ2v) is 9.12. The average molecular weight is 351 g/mol. The number of likely N-dealkylation sites (tertiary alicyclic amines) is 1. The number of sulfone groups is 1. The van der Waals surface area contributed by atoms with E-state index in [4.69, 9.17) is 0 Å². The Morgan fingerprint density at radius 3 is 2.25 bits per heavy atom. The Balaban J connectivity index is 1.89. The third kappa shape index (κ3) is 2.60. The van der Waals surface area contributed by atoms with E-state index in [9.17, 15) is 23.1 Å². The van der Waals surface area contributed by atoms with Gasteiger partial charge in [0.15, 0.2) is 14.6 Å². The van der Waals surface area contributed by atoms with Crippen molar-refractivity contribution in [2.24, 2.45) is 5.92 Å². The van der Waals surface area contributed by atoms with Crippen LogP contribution in [0.15, 0.2) is 30.3 Å². The van der Waals surface area contributed by atoms with Crippen LogP contribution in [0.1, 0.15) is 30.7 Å². The highest BCUT2D eigenvalue weighted by Crippen LogP contribution is 2.43. The molecule has 1 amide bonds. The number of hydrogen-bond donors (Lipinski definition) is 1. The summed E-state index contributed by atoms with van der Waals surface area (Å²) >= 11 is 0. The second-order valence-electron chi connectivity index (χ2n) is 6.79. The van der Waals surface area contributed by atoms with Crippen LogP contribution in [0.2, 0.25) is 0 Å². The molecule has 1 aliphatic heterocycles. The summed E-state index contributed by atoms with van der Waals surface area (Å²) in [5.74, 6) is -2.42. The minimum atomic E-state index is -3.52. The Bertz CT molecular complexity index is 754. The lowest BCUT2D eigenvalue weighted by Crippen LogP contribution is -2.57. The second kappa shape index (κ2) is 5.88. The Labute approximate surface area is 141 Å². The standard InChI is InChI=1S/C17H21NO5S/c1-24(22,23)17(8-5-9-17)16(21)18-10-13(14(11-18)15(19)20)12-6-3-2-4-7-12/h2-4,6-7,13-14H,5,8-11H2,1H3,(H,19,20). The maximum atomic E-state index is 12.9. The number of benzene rings is 1. The van der Waals surface area contributed by atoms with Gasteiger partial charge in [0.2, 0.25) is 5.91 Å². The summed E-state index contributed by atoms with van der Waals surface area (Å²) in [7, 11) is -3.52. The highest BCUT2D eigenvalue weighted by molar-refractivity contribution is 7.93. The van der Waals surface area contributed by atoms with E-state index in [0.29, 0.717) is 19.3 Å². The van der Waals surface area contributed by atoms with Gasteiger partial charge in [0.05, 0.1) is 5.92 Å². The van der Waals surface area contributed by atoms with Crippen LogP contribution in [0, 0.1) is 5.92 Å². The van der Waals surface area contributed by atoms with Gasteiger partial charge < -0.3 is 10.0 Å². The van der Waals surface area contributed by atoms with E-state index in [2.05, 4.69) is 0 Å². The van der Waals surface area contributed by atoms with Gasteiger partial charge in [-0.3, -0.25) is 9.59 Å². The van der Waals surface area contributed by atoms with Gasteiger partial charge in [-0.2, -0.15) is 0 Å². The molecule has 0 bridgehead atoms. The molecule has 1 saturated heterocycles. The first-order valence-electron chi connectivity index (χ1n) is 8.03. The van der Waals surface area contributed by atoms with Crippen molar-refractivity contribution < 1.29 is 23.1 Å². The van der Waals surface area contributed by atoms with Crippen LogP contribution in [0.25, 0.3) is 0 Å². The quantitative estimate of drug-likeness (QED) is 0.882. The fourth-order valence-corrected chi connectivity index (χ4v) is 5.26. The third-order valence-corrected chi connectivity index (χ3v) is 7.42. The van der Waals surface area contributed by atoms with Gasteiger partial charge in [0.1, 0.15) is 0 Å². The lowest BCUT2D eigenvalue weighted by atomic mass is 9.83. The van der Waals surface area contributed by atoms with Crippen LogP contribution in [0.4, 0.5) is 0 Å². The maximum absolute atomic E-state index is 12.9. The third-order valence-electron chi connectivity index (χ3n) is 5.41. The highest BCUT2D eigenvalue weighted by atomic mass is 32.2. The zero-order valence-electron chi connectivity index (χ0n) is 13.5. The summed E-state index contributed by atoms with van der Waals surface area (Å²) in [6, 6.07) is 9.23. The number of amides is 1. The van der Waals surface area contributed by atoms with Crippen molar-refractivity contribution in [3.63, 3.8) is 0 Å². The lowest BCUT2D eigenvalue weighted by molar-refractivity contribution is -0.142. The molecule has 0 radical (unpaired) electrons. The van der Waals surface area contributed by atoms with Gasteiger partial charge in [0, 0.05) is 25.3 Å². The highest BCUT2D eigenvalue weighted by Gasteiger charge is 2.56. The predicted molar refractivity (Wildman–Crippen MR) is 88.3 cm³/mol. The molecule has 1 aliphatic carbocycles. The predicted octanol–water partition coefficient (Wildman–Crippen LogP) is 1.28. The van der Waals surface area contributed by atoms with Crippen molar-refractivity contribution >= 4 is 21.7 Å². The molecule has 1 saturated carbocycles. The molecular formula is C17H21NO5S. The summed E-state index contributed by atoms with van der Waals surface area (Å²) in [6.45, 7) is 0.308. The summed E-state index contributed by atoms with van der Waals surface area (Å²) in [6.07, 6.45) is 2.46. The van der Waals surface area contributed by atoms with Crippen molar-refractivity contribution in [1.29, 1.82) is 0 Å². The number of hydrogen-bond acceptors (Lipinski definition) is 4. The molecule has 2 atom stereocenters. The topological polar surface area (TPSA) is 91.8 Å². The van der Waals surface area contributed by atoms with E-state index in [0.717, 1.165) is 11.8 Å². The molecule has 2 fully saturated rings. The molecule has 2 aliphatic rings. The van der Waals surface area contributed by atoms with Gasteiger partial charge in [-0.05, 0) is 24.8 Å². The minimum Gasteiger partial charge on any atom is -0.481 e. The SMILES string of the molecule is CS(=O)(=O)C1(C(=O)N2CC(C(=O)O)C(c3ccccc3)C2)CCC1. The average Bonchev–Trinajstić information content (AvgIpc) is 2.90. The summed E-state index contributed by atoms with van der Waals surface area (Å²) in [4.78, 5) is 26.0. The van der Waals surface area contributed by atoms with E-state index in [1.807, 2.05) is 30.3 Å². The van der Waals surface area contributed by atoms with Gasteiger partial charge in [-0.1, -0.05) is 30.3 Å². The number of aliphatic carboxylic acids is 1. The van der Waals surface area contributed by atoms with Crippen LogP contribution in [0.5, 0.6) is 0 Å². The summed E-state index contributed by atoms with van der Waals surface area (Å²) < 4.78 is 22.9. The first-order valence-corrected chi connectivity index (χ1v) is 9.92. The van der Waals surface area contributed by atoms with Crippen molar-refractivity contribution in [3.8, 4) is 0 Å². The van der Waals surface area contributed by atoms with Crippen molar-refractivity contribution in [1.82, 2.24) is 4.90 Å². The van der Waals surface area contributed by atoms with Gasteiger partial charge in [0.25, 0.3) is 0 Å². The van der Waals surface area contributed by atoms with E-state index in [-0.39, 0.29) is 19.0 Å². The molecule has 0 aromatic heterocycles. The maximum Gasteiger partial charge on any atom is 0.308 e. The number of carboxylic acids is 1. The van der Waals surface area contributed by atoms with E-state index in [1.54, 1.807) is 0 Å². The molecular weight excluding hydrogens is 330 g/mol. The number of rotatable bonds is 4. The molecule has 1 N–H and O–H groups in total. The Morgan fingerprint density at radius 1 is 1.17 bits per heavy atom. The number of carboxylic acid groups (broad SMARTS) is 1. The normalized spacial score (nSPS) is 26.0. The van der Waals surface area contributed by atoms with Crippen molar-refractivity contribution in [2.75, 3.05) is 19.3 Å². The molecule has 3 rings (SSSR count). The van der Waals surface area contributed by atoms with Gasteiger partial charge in [-0.25, -0.2) is 8.42 Å². The largest absolute Gasteiger partial charge is 0.481 e. The fraction of sp³-hybridized carbons (Fsp3) is 0.529. The number of nitrogens with zero attached hydrogens (tertiary/aromatic N) is 1. The van der Waals surface area contributed by atoms with E-state index < -0.39 is 32.4 Å². The van der Waals surface area contributed by atoms with Crippen LogP contribution >= 0.6 is 0 Å². The number of carbonyl (C=O) groups excluding carboxylic acids is 1. The van der Waals surface area contributed by atoms with Crippen LogP contribution in [-0.4, -0.2) is 54.4 Å². The van der Waals surface area contributed by atoms with Crippen LogP contribution < -0.4 is 0 Å². The molecule has 7 heteroatoms. The lowest BCUT2D eigenvalue weighted by Gasteiger charge is -2.40. The smallest absolute Gasteiger partial charge is 0.308 e. The van der Waals surface area contributed by atoms with E-state index in [1.165, 1.54) is 4.90 Å². The van der Waals surface area contributed by atoms with Crippen LogP contribution in [-0.2, 0) is 19.4 Å². The molecule has 6 nitrogen and oxygen atoms in total. The molecule has 1 aromatic carbocycles. The van der Waals surface area contributed by atoms with Crippen molar-refractivity contribution in [3.05, 3.63) is 35.9 Å². The molecule has 130 valence electrons. The monoisotopic (exact) mass is 351 g/mol. The fourth-order valence-electron chi connectivity index (χ4n) is 3.79. The Kier molecular flexibility index (Phi) is 4.15. The Morgan fingerprint density at radius 2 is 1.79 bits per heavy atom. The van der Waals surface area contributed by atoms with Crippen molar-refractivity contribution in [2.45, 2.75) is 29.9 Å². The molecule has 0 spiro atoms. The molecule has 1 heterocycles. The number of carbonyl (C=O) groups is 2. The van der Waals surface area contributed by atoms with Gasteiger partial charge >= 0.3 is 5.97 Å². The first kappa shape index (κ1) is 17.0. The molecule has 2 unspecified atom stereocenters. The first-order chi connectivity index (χ1) is 11.3. The molecule has 1 aromatic rings. The molecule has 24 heavy (non-hydrogen) atoms. The zero-order valence-corrected chi connectivity index (χ0v) is 14.3. The van der Waals surface area contributed by atoms with E-state index >= 15 is 0 Å². The summed E-state index contributed by atoms with van der Waals surface area (Å²) in [5.41, 5.74) is 0.863. The summed E-state index contributed by atoms with van der Waals surface area (Å²) in [5, 5.41) is 9.52. The zero-order chi connectivity index (χ0) is 17.5. The minimum absolute atomic E-state index is 0.0605. The van der Waals surface area contributed by atoms with Gasteiger partial charge in [-0.15, -0.1) is 0 Å². The van der Waals surface area contributed by atoms with Crippen LogP contribution in [0.3, 0.4) is 0 Å². The Hall–Kier alpha value is -1.89.